The zero-order valence-corrected chi connectivity index (χ0v) is 8.13. The average molecular weight is 201 g/mol. The zero-order valence-electron chi connectivity index (χ0n) is 8.13. The number of anilines is 1. The summed E-state index contributed by atoms with van der Waals surface area (Å²) >= 11 is 0. The molecule has 2 rings (SSSR count). The monoisotopic (exact) mass is 201 g/mol. The quantitative estimate of drug-likeness (QED) is 0.767. The fourth-order valence-corrected chi connectivity index (χ4v) is 1.16. The van der Waals surface area contributed by atoms with Crippen molar-refractivity contribution in [3.63, 3.8) is 0 Å². The van der Waals surface area contributed by atoms with Crippen LogP contribution in [-0.2, 0) is 6.61 Å². The number of hydrogen-bond acceptors (Lipinski definition) is 4. The van der Waals surface area contributed by atoms with E-state index in [1.165, 1.54) is 0 Å². The Bertz CT molecular complexity index is 431. The second-order valence-corrected chi connectivity index (χ2v) is 2.99. The van der Waals surface area contributed by atoms with Gasteiger partial charge in [0.15, 0.2) is 5.82 Å². The van der Waals surface area contributed by atoms with E-state index in [0.717, 1.165) is 0 Å². The summed E-state index contributed by atoms with van der Waals surface area (Å²) in [6, 6.07) is 9.11. The van der Waals surface area contributed by atoms with Crippen LogP contribution in [0.3, 0.4) is 0 Å². The molecular formula is C11H11N3O. The molecule has 1 heterocycles. The van der Waals surface area contributed by atoms with E-state index in [1.807, 2.05) is 18.2 Å². The van der Waals surface area contributed by atoms with Crippen LogP contribution in [0, 0.1) is 0 Å². The third-order valence-corrected chi connectivity index (χ3v) is 1.90. The predicted octanol–water partition coefficient (Wildman–Crippen LogP) is 1.64. The van der Waals surface area contributed by atoms with Crippen molar-refractivity contribution in [2.75, 3.05) is 5.73 Å². The number of nitrogens with zero attached hydrogens (tertiary/aromatic N) is 2. The van der Waals surface area contributed by atoms with Gasteiger partial charge in [-0.05, 0) is 18.2 Å². The smallest absolute Gasteiger partial charge is 0.166 e. The van der Waals surface area contributed by atoms with Crippen molar-refractivity contribution in [1.82, 2.24) is 9.97 Å². The first-order valence-corrected chi connectivity index (χ1v) is 4.59. The lowest BCUT2D eigenvalue weighted by molar-refractivity contribution is 0.297. The van der Waals surface area contributed by atoms with E-state index >= 15 is 0 Å². The van der Waals surface area contributed by atoms with Crippen molar-refractivity contribution in [1.29, 1.82) is 0 Å². The summed E-state index contributed by atoms with van der Waals surface area (Å²) in [5.74, 6) is 1.30. The van der Waals surface area contributed by atoms with Crippen LogP contribution in [0.25, 0.3) is 0 Å². The van der Waals surface area contributed by atoms with Gasteiger partial charge in [0.25, 0.3) is 0 Å². The molecule has 0 atom stereocenters. The van der Waals surface area contributed by atoms with Gasteiger partial charge < -0.3 is 10.5 Å². The van der Waals surface area contributed by atoms with E-state index in [1.54, 1.807) is 24.5 Å². The molecule has 15 heavy (non-hydrogen) atoms. The highest BCUT2D eigenvalue weighted by Gasteiger charge is 2.00. The van der Waals surface area contributed by atoms with Crippen LogP contribution < -0.4 is 10.5 Å². The Morgan fingerprint density at radius 2 is 1.80 bits per heavy atom. The highest BCUT2D eigenvalue weighted by Crippen LogP contribution is 2.20. The Morgan fingerprint density at radius 1 is 1.07 bits per heavy atom. The summed E-state index contributed by atoms with van der Waals surface area (Å²) in [5.41, 5.74) is 6.34. The molecule has 0 saturated carbocycles. The number of nitrogen functional groups attached to an aromatic ring is 1. The summed E-state index contributed by atoms with van der Waals surface area (Å²) in [7, 11) is 0. The summed E-state index contributed by atoms with van der Waals surface area (Å²) < 4.78 is 5.47. The summed E-state index contributed by atoms with van der Waals surface area (Å²) in [4.78, 5) is 8.09. The second kappa shape index (κ2) is 4.41. The molecule has 76 valence electrons. The molecule has 0 spiro atoms. The highest BCUT2D eigenvalue weighted by molar-refractivity contribution is 5.51. The number of ether oxygens (including phenoxy) is 1. The molecule has 1 aromatic heterocycles. The Balaban J connectivity index is 2.03. The molecule has 4 heteroatoms. The third-order valence-electron chi connectivity index (χ3n) is 1.90. The molecule has 0 aliphatic heterocycles. The minimum Gasteiger partial charge on any atom is -0.483 e. The molecule has 4 nitrogen and oxygen atoms in total. The van der Waals surface area contributed by atoms with E-state index in [0.29, 0.717) is 23.9 Å². The van der Waals surface area contributed by atoms with Crippen molar-refractivity contribution in [2.45, 2.75) is 6.61 Å². The summed E-state index contributed by atoms with van der Waals surface area (Å²) in [6.07, 6.45) is 3.36. The van der Waals surface area contributed by atoms with E-state index in [9.17, 15) is 0 Å². The van der Waals surface area contributed by atoms with Gasteiger partial charge in [-0.15, -0.1) is 0 Å². The second-order valence-electron chi connectivity index (χ2n) is 2.99. The van der Waals surface area contributed by atoms with Crippen LogP contribution in [0.1, 0.15) is 5.82 Å². The van der Waals surface area contributed by atoms with Gasteiger partial charge in [-0.3, -0.25) is 0 Å². The molecule has 0 unspecified atom stereocenters. The van der Waals surface area contributed by atoms with E-state index in [4.69, 9.17) is 10.5 Å². The fraction of sp³-hybridized carbons (Fsp3) is 0.0909. The first kappa shape index (κ1) is 9.45. The van der Waals surface area contributed by atoms with Crippen LogP contribution in [0.2, 0.25) is 0 Å². The van der Waals surface area contributed by atoms with Gasteiger partial charge in [-0.2, -0.15) is 0 Å². The van der Waals surface area contributed by atoms with Gasteiger partial charge in [0.2, 0.25) is 0 Å². The minimum absolute atomic E-state index is 0.328. The van der Waals surface area contributed by atoms with Crippen LogP contribution in [0.15, 0.2) is 42.7 Å². The number of aromatic nitrogens is 2. The lowest BCUT2D eigenvalue weighted by Crippen LogP contribution is -2.02. The Hall–Kier alpha value is -2.10. The SMILES string of the molecule is Nc1ccccc1OCc1ncccn1. The standard InChI is InChI=1S/C11H11N3O/c12-9-4-1-2-5-10(9)15-8-11-13-6-3-7-14-11/h1-7H,8,12H2. The van der Waals surface area contributed by atoms with Gasteiger partial charge in [-0.25, -0.2) is 9.97 Å². The Morgan fingerprint density at radius 3 is 2.53 bits per heavy atom. The van der Waals surface area contributed by atoms with Crippen LogP contribution in [0.5, 0.6) is 5.75 Å². The highest BCUT2D eigenvalue weighted by atomic mass is 16.5. The summed E-state index contributed by atoms with van der Waals surface area (Å²) in [5, 5.41) is 0. The summed E-state index contributed by atoms with van der Waals surface area (Å²) in [6.45, 7) is 0.328. The van der Waals surface area contributed by atoms with Gasteiger partial charge in [0.1, 0.15) is 12.4 Å². The van der Waals surface area contributed by atoms with Crippen molar-refractivity contribution < 1.29 is 4.74 Å². The van der Waals surface area contributed by atoms with Crippen LogP contribution in [0.4, 0.5) is 5.69 Å². The molecule has 0 fully saturated rings. The van der Waals surface area contributed by atoms with Crippen molar-refractivity contribution in [2.24, 2.45) is 0 Å². The average Bonchev–Trinajstić information content (AvgIpc) is 2.29. The van der Waals surface area contributed by atoms with Gasteiger partial charge >= 0.3 is 0 Å². The van der Waals surface area contributed by atoms with Crippen molar-refractivity contribution in [3.05, 3.63) is 48.5 Å². The van der Waals surface area contributed by atoms with E-state index in [-0.39, 0.29) is 0 Å². The Labute approximate surface area is 87.7 Å². The maximum Gasteiger partial charge on any atom is 0.166 e. The fourth-order valence-electron chi connectivity index (χ4n) is 1.16. The predicted molar refractivity (Wildman–Crippen MR) is 57.2 cm³/mol. The first-order chi connectivity index (χ1) is 7.36. The number of hydrogen-bond donors (Lipinski definition) is 1. The van der Waals surface area contributed by atoms with Gasteiger partial charge in [-0.1, -0.05) is 12.1 Å². The minimum atomic E-state index is 0.328. The number of rotatable bonds is 3. The number of para-hydroxylation sites is 2. The van der Waals surface area contributed by atoms with Gasteiger partial charge in [0.05, 0.1) is 5.69 Å². The lowest BCUT2D eigenvalue weighted by atomic mass is 10.3. The maximum absolute atomic E-state index is 5.72. The largest absolute Gasteiger partial charge is 0.483 e. The molecule has 0 aliphatic carbocycles. The molecule has 0 bridgehead atoms. The zero-order chi connectivity index (χ0) is 10.5. The number of nitrogens with two attached hydrogens (primary N) is 1. The topological polar surface area (TPSA) is 61.0 Å². The first-order valence-electron chi connectivity index (χ1n) is 4.59. The normalized spacial score (nSPS) is 9.87. The van der Waals surface area contributed by atoms with E-state index in [2.05, 4.69) is 9.97 Å². The van der Waals surface area contributed by atoms with Crippen LogP contribution >= 0.6 is 0 Å². The van der Waals surface area contributed by atoms with Crippen molar-refractivity contribution >= 4 is 5.69 Å². The molecule has 0 aliphatic rings. The molecule has 2 N–H and O–H groups in total. The maximum atomic E-state index is 5.72. The molecule has 0 radical (unpaired) electrons. The third kappa shape index (κ3) is 2.43. The molecule has 1 aromatic carbocycles. The van der Waals surface area contributed by atoms with Gasteiger partial charge in [0, 0.05) is 12.4 Å². The molecule has 0 amide bonds. The Kier molecular flexibility index (Phi) is 2.78. The molecular weight excluding hydrogens is 190 g/mol. The van der Waals surface area contributed by atoms with Crippen molar-refractivity contribution in [3.8, 4) is 5.75 Å². The molecule has 0 saturated heterocycles. The molecule has 2 aromatic rings. The van der Waals surface area contributed by atoms with Crippen LogP contribution in [-0.4, -0.2) is 9.97 Å². The lowest BCUT2D eigenvalue weighted by Gasteiger charge is -2.06. The number of benzene rings is 1. The van der Waals surface area contributed by atoms with E-state index < -0.39 is 0 Å².